The van der Waals surface area contributed by atoms with Crippen molar-refractivity contribution < 1.29 is 13.2 Å². The lowest BCUT2D eigenvalue weighted by Crippen LogP contribution is -2.12. The first-order valence-electron chi connectivity index (χ1n) is 6.98. The number of anilines is 1. The molecule has 0 aliphatic heterocycles. The number of benzene rings is 1. The fraction of sp³-hybridized carbons (Fsp3) is 0.429. The molecular formula is C14H19N3O3S2. The summed E-state index contributed by atoms with van der Waals surface area (Å²) in [5, 5.41) is 8.98. The third-order valence-corrected chi connectivity index (χ3v) is 5.06. The van der Waals surface area contributed by atoms with Gasteiger partial charge in [0, 0.05) is 6.42 Å². The Morgan fingerprint density at radius 2 is 1.91 bits per heavy atom. The number of hydrogen-bond acceptors (Lipinski definition) is 6. The van der Waals surface area contributed by atoms with E-state index in [0.29, 0.717) is 18.3 Å². The molecule has 0 unspecified atom stereocenters. The van der Waals surface area contributed by atoms with Crippen molar-refractivity contribution in [2.45, 2.75) is 32.1 Å². The summed E-state index contributed by atoms with van der Waals surface area (Å²) in [6, 6.07) is 6.26. The molecule has 120 valence electrons. The third-order valence-electron chi connectivity index (χ3n) is 2.72. The maximum Gasteiger partial charge on any atom is 0.263 e. The highest BCUT2D eigenvalue weighted by Crippen LogP contribution is 2.23. The Balaban J connectivity index is 2.11. The van der Waals surface area contributed by atoms with Gasteiger partial charge in [-0.2, -0.15) is 0 Å². The predicted molar refractivity (Wildman–Crippen MR) is 86.9 cm³/mol. The molecule has 0 atom stereocenters. The molecule has 1 N–H and O–H groups in total. The van der Waals surface area contributed by atoms with Gasteiger partial charge in [0.2, 0.25) is 5.13 Å². The van der Waals surface area contributed by atoms with E-state index in [4.69, 9.17) is 4.74 Å². The zero-order valence-corrected chi connectivity index (χ0v) is 14.4. The number of nitrogens with one attached hydrogen (secondary N) is 1. The molecule has 1 aromatic heterocycles. The summed E-state index contributed by atoms with van der Waals surface area (Å²) in [5.41, 5.74) is 0. The third kappa shape index (κ3) is 4.41. The van der Waals surface area contributed by atoms with Crippen LogP contribution in [0.5, 0.6) is 5.75 Å². The lowest BCUT2D eigenvalue weighted by molar-refractivity contribution is 0.340. The molecule has 2 aromatic rings. The van der Waals surface area contributed by atoms with Gasteiger partial charge < -0.3 is 4.74 Å². The highest BCUT2D eigenvalue weighted by atomic mass is 32.2. The van der Waals surface area contributed by atoms with Crippen molar-refractivity contribution in [2.24, 2.45) is 5.92 Å². The summed E-state index contributed by atoms with van der Waals surface area (Å²) >= 11 is 1.26. The maximum absolute atomic E-state index is 12.3. The second kappa shape index (κ2) is 7.06. The van der Waals surface area contributed by atoms with Crippen LogP contribution in [-0.2, 0) is 16.4 Å². The van der Waals surface area contributed by atoms with Gasteiger partial charge in [-0.1, -0.05) is 25.2 Å². The topological polar surface area (TPSA) is 81.2 Å². The zero-order chi connectivity index (χ0) is 16.2. The first-order valence-corrected chi connectivity index (χ1v) is 9.28. The maximum atomic E-state index is 12.3. The van der Waals surface area contributed by atoms with Gasteiger partial charge in [0.1, 0.15) is 10.8 Å². The normalized spacial score (nSPS) is 11.6. The quantitative estimate of drug-likeness (QED) is 0.837. The van der Waals surface area contributed by atoms with Crippen molar-refractivity contribution in [3.05, 3.63) is 29.3 Å². The molecule has 1 aromatic carbocycles. The van der Waals surface area contributed by atoms with Crippen LogP contribution in [0.2, 0.25) is 0 Å². The number of rotatable bonds is 7. The van der Waals surface area contributed by atoms with E-state index in [1.165, 1.54) is 23.5 Å². The van der Waals surface area contributed by atoms with Gasteiger partial charge in [-0.25, -0.2) is 8.42 Å². The molecule has 8 heteroatoms. The zero-order valence-electron chi connectivity index (χ0n) is 12.7. The summed E-state index contributed by atoms with van der Waals surface area (Å²) in [6.07, 6.45) is 0.780. The van der Waals surface area contributed by atoms with Crippen LogP contribution < -0.4 is 9.46 Å². The average Bonchev–Trinajstić information content (AvgIpc) is 2.85. The van der Waals surface area contributed by atoms with Crippen LogP contribution in [0.25, 0.3) is 0 Å². The molecule has 0 saturated carbocycles. The smallest absolute Gasteiger partial charge is 0.263 e. The van der Waals surface area contributed by atoms with Gasteiger partial charge in [-0.3, -0.25) is 4.72 Å². The van der Waals surface area contributed by atoms with Crippen LogP contribution in [0.4, 0.5) is 5.13 Å². The summed E-state index contributed by atoms with van der Waals surface area (Å²) in [7, 11) is -3.66. The van der Waals surface area contributed by atoms with E-state index in [0.717, 1.165) is 11.4 Å². The van der Waals surface area contributed by atoms with Crippen LogP contribution in [0, 0.1) is 5.92 Å². The Morgan fingerprint density at radius 3 is 2.50 bits per heavy atom. The minimum Gasteiger partial charge on any atom is -0.494 e. The first kappa shape index (κ1) is 16.7. The van der Waals surface area contributed by atoms with E-state index >= 15 is 0 Å². The van der Waals surface area contributed by atoms with Gasteiger partial charge in [0.25, 0.3) is 10.0 Å². The largest absolute Gasteiger partial charge is 0.494 e. The minimum absolute atomic E-state index is 0.163. The Hall–Kier alpha value is -1.67. The van der Waals surface area contributed by atoms with E-state index in [9.17, 15) is 8.42 Å². The molecule has 0 bridgehead atoms. The molecule has 6 nitrogen and oxygen atoms in total. The summed E-state index contributed by atoms with van der Waals surface area (Å²) in [4.78, 5) is 0.163. The molecule has 1 heterocycles. The molecule has 2 rings (SSSR count). The molecule has 22 heavy (non-hydrogen) atoms. The number of aromatic nitrogens is 2. The molecule has 0 saturated heterocycles. The van der Waals surface area contributed by atoms with E-state index in [1.807, 2.05) is 6.92 Å². The van der Waals surface area contributed by atoms with Crippen molar-refractivity contribution >= 4 is 26.5 Å². The van der Waals surface area contributed by atoms with Crippen LogP contribution >= 0.6 is 11.3 Å². The van der Waals surface area contributed by atoms with Crippen LogP contribution in [-0.4, -0.2) is 25.2 Å². The van der Waals surface area contributed by atoms with Gasteiger partial charge in [0.15, 0.2) is 0 Å². The fourth-order valence-electron chi connectivity index (χ4n) is 1.78. The summed E-state index contributed by atoms with van der Waals surface area (Å²) in [6.45, 7) is 6.56. The van der Waals surface area contributed by atoms with Crippen LogP contribution in [0.15, 0.2) is 29.2 Å². The minimum atomic E-state index is -3.66. The molecule has 0 radical (unpaired) electrons. The molecule has 0 amide bonds. The fourth-order valence-corrected chi connectivity index (χ4v) is 3.96. The van der Waals surface area contributed by atoms with Crippen molar-refractivity contribution in [3.63, 3.8) is 0 Å². The molecule has 0 spiro atoms. The number of nitrogens with zero attached hydrogens (tertiary/aromatic N) is 2. The number of ether oxygens (including phenoxy) is 1. The highest BCUT2D eigenvalue weighted by molar-refractivity contribution is 7.93. The Bertz CT molecular complexity index is 709. The van der Waals surface area contributed by atoms with Gasteiger partial charge in [-0.15, -0.1) is 10.2 Å². The molecule has 0 aliphatic carbocycles. The van der Waals surface area contributed by atoms with E-state index in [-0.39, 0.29) is 10.0 Å². The second-order valence-corrected chi connectivity index (χ2v) is 7.85. The Labute approximate surface area is 134 Å². The molecule has 0 fully saturated rings. The highest BCUT2D eigenvalue weighted by Gasteiger charge is 2.17. The van der Waals surface area contributed by atoms with Crippen molar-refractivity contribution in [2.75, 3.05) is 11.3 Å². The number of sulfonamides is 1. The Kier molecular flexibility index (Phi) is 5.36. The standard InChI is InChI=1S/C14H19N3O3S2/c1-4-20-11-5-7-12(8-6-11)22(18,19)17-14-16-15-13(21-14)9-10(2)3/h5-8,10H,4,9H2,1-3H3,(H,16,17). The van der Waals surface area contributed by atoms with E-state index in [2.05, 4.69) is 28.8 Å². The lowest BCUT2D eigenvalue weighted by Gasteiger charge is -2.06. The summed E-state index contributed by atoms with van der Waals surface area (Å²) < 4.78 is 32.3. The monoisotopic (exact) mass is 341 g/mol. The number of hydrogen-bond donors (Lipinski definition) is 1. The molecular weight excluding hydrogens is 322 g/mol. The first-order chi connectivity index (χ1) is 10.4. The molecule has 0 aliphatic rings. The van der Waals surface area contributed by atoms with Crippen molar-refractivity contribution in [1.29, 1.82) is 0 Å². The lowest BCUT2D eigenvalue weighted by atomic mass is 10.1. The Morgan fingerprint density at radius 1 is 1.23 bits per heavy atom. The predicted octanol–water partition coefficient (Wildman–Crippen LogP) is 2.94. The van der Waals surface area contributed by atoms with Crippen LogP contribution in [0.1, 0.15) is 25.8 Å². The van der Waals surface area contributed by atoms with E-state index < -0.39 is 10.0 Å². The van der Waals surface area contributed by atoms with Crippen molar-refractivity contribution in [3.8, 4) is 5.75 Å². The average molecular weight is 341 g/mol. The van der Waals surface area contributed by atoms with Gasteiger partial charge >= 0.3 is 0 Å². The van der Waals surface area contributed by atoms with Crippen molar-refractivity contribution in [1.82, 2.24) is 10.2 Å². The SMILES string of the molecule is CCOc1ccc(S(=O)(=O)Nc2nnc(CC(C)C)s2)cc1. The van der Waals surface area contributed by atoms with Crippen LogP contribution in [0.3, 0.4) is 0 Å². The van der Waals surface area contributed by atoms with E-state index in [1.54, 1.807) is 12.1 Å². The summed E-state index contributed by atoms with van der Waals surface area (Å²) in [5.74, 6) is 1.08. The van der Waals surface area contributed by atoms with Gasteiger partial charge in [-0.05, 0) is 37.1 Å². The second-order valence-electron chi connectivity index (χ2n) is 5.11. The van der Waals surface area contributed by atoms with Gasteiger partial charge in [0.05, 0.1) is 11.5 Å².